The van der Waals surface area contributed by atoms with E-state index in [0.717, 1.165) is 5.56 Å². The third kappa shape index (κ3) is 5.46. The van der Waals surface area contributed by atoms with Crippen molar-refractivity contribution in [1.29, 1.82) is 0 Å². The lowest BCUT2D eigenvalue weighted by atomic mass is 10.1. The Bertz CT molecular complexity index is 783. The summed E-state index contributed by atoms with van der Waals surface area (Å²) in [6.45, 7) is 5.71. The fraction of sp³-hybridized carbons (Fsp3) is 0.211. The molecule has 0 saturated heterocycles. The van der Waals surface area contributed by atoms with Gasteiger partial charge in [0.25, 0.3) is 5.91 Å². The van der Waals surface area contributed by atoms with Crippen LogP contribution in [0.3, 0.4) is 0 Å². The molecular formula is C19H21N3O3. The van der Waals surface area contributed by atoms with Crippen molar-refractivity contribution in [2.75, 3.05) is 11.9 Å². The van der Waals surface area contributed by atoms with Crippen LogP contribution in [-0.4, -0.2) is 24.1 Å². The summed E-state index contributed by atoms with van der Waals surface area (Å²) in [5.41, 5.74) is 5.14. The van der Waals surface area contributed by atoms with E-state index < -0.39 is 0 Å². The molecule has 0 heterocycles. The molecule has 2 N–H and O–H groups in total. The Hall–Kier alpha value is -3.15. The minimum Gasteiger partial charge on any atom is -0.494 e. The fourth-order valence-electron chi connectivity index (χ4n) is 2.16. The molecule has 0 atom stereocenters. The van der Waals surface area contributed by atoms with E-state index in [-0.39, 0.29) is 11.8 Å². The molecule has 2 aromatic carbocycles. The Morgan fingerprint density at radius 1 is 1.04 bits per heavy atom. The van der Waals surface area contributed by atoms with Crippen LogP contribution in [0.25, 0.3) is 0 Å². The Kier molecular flexibility index (Phi) is 6.28. The lowest BCUT2D eigenvalue weighted by molar-refractivity contribution is -0.114. The van der Waals surface area contributed by atoms with Gasteiger partial charge < -0.3 is 10.1 Å². The second kappa shape index (κ2) is 8.63. The Morgan fingerprint density at radius 3 is 2.40 bits per heavy atom. The van der Waals surface area contributed by atoms with E-state index in [9.17, 15) is 9.59 Å². The van der Waals surface area contributed by atoms with Crippen LogP contribution in [-0.2, 0) is 4.79 Å². The monoisotopic (exact) mass is 339 g/mol. The van der Waals surface area contributed by atoms with Gasteiger partial charge in [0.2, 0.25) is 5.91 Å². The summed E-state index contributed by atoms with van der Waals surface area (Å²) < 4.78 is 5.35. The summed E-state index contributed by atoms with van der Waals surface area (Å²) in [6, 6.07) is 14.1. The minimum absolute atomic E-state index is 0.143. The summed E-state index contributed by atoms with van der Waals surface area (Å²) in [6.07, 6.45) is 0. The molecule has 2 rings (SSSR count). The van der Waals surface area contributed by atoms with Gasteiger partial charge in [-0.15, -0.1) is 0 Å². The number of hydrogen-bond acceptors (Lipinski definition) is 4. The highest BCUT2D eigenvalue weighted by Crippen LogP contribution is 2.13. The molecule has 6 nitrogen and oxygen atoms in total. The second-order valence-corrected chi connectivity index (χ2v) is 5.36. The topological polar surface area (TPSA) is 79.8 Å². The van der Waals surface area contributed by atoms with E-state index in [2.05, 4.69) is 15.8 Å². The first kappa shape index (κ1) is 18.2. The van der Waals surface area contributed by atoms with Gasteiger partial charge in [0.15, 0.2) is 0 Å². The van der Waals surface area contributed by atoms with Crippen LogP contribution in [0.15, 0.2) is 53.6 Å². The van der Waals surface area contributed by atoms with E-state index >= 15 is 0 Å². The maximum atomic E-state index is 12.1. The number of nitrogens with zero attached hydrogens (tertiary/aromatic N) is 1. The molecule has 0 unspecified atom stereocenters. The molecule has 0 aliphatic heterocycles. The predicted octanol–water partition coefficient (Wildman–Crippen LogP) is 3.20. The van der Waals surface area contributed by atoms with Gasteiger partial charge in [0.05, 0.1) is 12.3 Å². The summed E-state index contributed by atoms with van der Waals surface area (Å²) in [7, 11) is 0. The zero-order chi connectivity index (χ0) is 18.2. The molecule has 0 radical (unpaired) electrons. The van der Waals surface area contributed by atoms with Crippen molar-refractivity contribution in [3.05, 3.63) is 59.7 Å². The predicted molar refractivity (Wildman–Crippen MR) is 98.0 cm³/mol. The third-order valence-electron chi connectivity index (χ3n) is 3.35. The largest absolute Gasteiger partial charge is 0.494 e. The van der Waals surface area contributed by atoms with Gasteiger partial charge in [-0.25, -0.2) is 5.43 Å². The van der Waals surface area contributed by atoms with E-state index in [1.54, 1.807) is 43.3 Å². The molecule has 0 fully saturated rings. The molecule has 6 heteroatoms. The van der Waals surface area contributed by atoms with Gasteiger partial charge in [-0.2, -0.15) is 5.10 Å². The molecule has 2 aromatic rings. The number of anilines is 1. The van der Waals surface area contributed by atoms with Crippen molar-refractivity contribution in [3.63, 3.8) is 0 Å². The van der Waals surface area contributed by atoms with Crippen LogP contribution in [0.5, 0.6) is 5.75 Å². The maximum Gasteiger partial charge on any atom is 0.271 e. The van der Waals surface area contributed by atoms with Crippen molar-refractivity contribution in [1.82, 2.24) is 5.43 Å². The van der Waals surface area contributed by atoms with Crippen LogP contribution < -0.4 is 15.5 Å². The minimum atomic E-state index is -0.305. The molecule has 130 valence electrons. The number of carbonyl (C=O) groups excluding carboxylic acids is 2. The molecule has 0 aliphatic carbocycles. The molecule has 0 aromatic heterocycles. The maximum absolute atomic E-state index is 12.1. The van der Waals surface area contributed by atoms with E-state index in [1.807, 2.05) is 19.1 Å². The van der Waals surface area contributed by atoms with E-state index in [1.165, 1.54) is 6.92 Å². The SMILES string of the molecule is CCOc1ccc(C(=O)N/N=C(/C)c2cccc(NC(C)=O)c2)cc1. The zero-order valence-electron chi connectivity index (χ0n) is 14.5. The van der Waals surface area contributed by atoms with E-state index in [4.69, 9.17) is 4.74 Å². The lowest BCUT2D eigenvalue weighted by Crippen LogP contribution is -2.19. The molecular weight excluding hydrogens is 318 g/mol. The van der Waals surface area contributed by atoms with Gasteiger partial charge in [0.1, 0.15) is 5.75 Å². The molecule has 0 spiro atoms. The molecule has 0 aliphatic rings. The quantitative estimate of drug-likeness (QED) is 0.626. The van der Waals surface area contributed by atoms with Crippen molar-refractivity contribution in [2.24, 2.45) is 5.10 Å². The number of rotatable bonds is 6. The van der Waals surface area contributed by atoms with Gasteiger partial charge in [-0.3, -0.25) is 9.59 Å². The van der Waals surface area contributed by atoms with Gasteiger partial charge in [-0.05, 0) is 55.8 Å². The number of benzene rings is 2. The smallest absolute Gasteiger partial charge is 0.271 e. The summed E-state index contributed by atoms with van der Waals surface area (Å²) in [5.74, 6) is 0.268. The molecule has 0 bridgehead atoms. The highest BCUT2D eigenvalue weighted by atomic mass is 16.5. The number of amides is 2. The number of hydrogen-bond donors (Lipinski definition) is 2. The Morgan fingerprint density at radius 2 is 1.76 bits per heavy atom. The fourth-order valence-corrected chi connectivity index (χ4v) is 2.16. The summed E-state index contributed by atoms with van der Waals surface area (Å²) >= 11 is 0. The van der Waals surface area contributed by atoms with Crippen LogP contribution in [0.1, 0.15) is 36.7 Å². The lowest BCUT2D eigenvalue weighted by Gasteiger charge is -2.07. The van der Waals surface area contributed by atoms with Crippen molar-refractivity contribution >= 4 is 23.2 Å². The van der Waals surface area contributed by atoms with Gasteiger partial charge in [0, 0.05) is 18.2 Å². The highest BCUT2D eigenvalue weighted by molar-refractivity contribution is 6.02. The normalized spacial score (nSPS) is 10.9. The van der Waals surface area contributed by atoms with Crippen LogP contribution in [0.2, 0.25) is 0 Å². The van der Waals surface area contributed by atoms with Crippen LogP contribution in [0, 0.1) is 0 Å². The van der Waals surface area contributed by atoms with E-state index in [0.29, 0.717) is 29.3 Å². The van der Waals surface area contributed by atoms with Gasteiger partial charge >= 0.3 is 0 Å². The first-order valence-corrected chi connectivity index (χ1v) is 7.95. The zero-order valence-corrected chi connectivity index (χ0v) is 14.5. The second-order valence-electron chi connectivity index (χ2n) is 5.36. The molecule has 25 heavy (non-hydrogen) atoms. The summed E-state index contributed by atoms with van der Waals surface area (Å²) in [5, 5.41) is 6.84. The average Bonchev–Trinajstić information content (AvgIpc) is 2.60. The Balaban J connectivity index is 2.04. The molecule has 0 saturated carbocycles. The third-order valence-corrected chi connectivity index (χ3v) is 3.35. The first-order chi connectivity index (χ1) is 12.0. The number of nitrogens with one attached hydrogen (secondary N) is 2. The van der Waals surface area contributed by atoms with Crippen molar-refractivity contribution < 1.29 is 14.3 Å². The van der Waals surface area contributed by atoms with Gasteiger partial charge in [-0.1, -0.05) is 12.1 Å². The first-order valence-electron chi connectivity index (χ1n) is 7.95. The van der Waals surface area contributed by atoms with Crippen molar-refractivity contribution in [2.45, 2.75) is 20.8 Å². The Labute approximate surface area is 146 Å². The van der Waals surface area contributed by atoms with Crippen LogP contribution in [0.4, 0.5) is 5.69 Å². The summed E-state index contributed by atoms with van der Waals surface area (Å²) in [4.78, 5) is 23.3. The molecule has 2 amide bonds. The number of carbonyl (C=O) groups is 2. The van der Waals surface area contributed by atoms with Crippen molar-refractivity contribution in [3.8, 4) is 5.75 Å². The van der Waals surface area contributed by atoms with Crippen LogP contribution >= 0.6 is 0 Å². The average molecular weight is 339 g/mol. The number of ether oxygens (including phenoxy) is 1. The highest BCUT2D eigenvalue weighted by Gasteiger charge is 2.06. The number of hydrazone groups is 1. The standard InChI is InChI=1S/C19H21N3O3/c1-4-25-18-10-8-15(9-11-18)19(24)22-21-13(2)16-6-5-7-17(12-16)20-14(3)23/h5-12H,4H2,1-3H3,(H,20,23)(H,22,24)/b21-13-.